The Bertz CT molecular complexity index is 3530. The zero-order valence-corrected chi connectivity index (χ0v) is 31.4. The molecule has 0 N–H and O–H groups in total. The molecule has 270 valence electrons. The molecule has 0 aliphatic rings. The Morgan fingerprint density at radius 3 is 1.69 bits per heavy atom. The Hall–Kier alpha value is -7.82. The lowest BCUT2D eigenvalue weighted by molar-refractivity contribution is 1.16. The van der Waals surface area contributed by atoms with E-state index < -0.39 is 0 Å². The predicted octanol–water partition coefficient (Wildman–Crippen LogP) is 14.0. The van der Waals surface area contributed by atoms with Crippen LogP contribution in [0.2, 0.25) is 0 Å². The summed E-state index contributed by atoms with van der Waals surface area (Å²) in [7, 11) is 0. The third-order valence-electron chi connectivity index (χ3n) is 11.7. The second-order valence-electron chi connectivity index (χ2n) is 15.0. The molecule has 0 aliphatic heterocycles. The van der Waals surface area contributed by atoms with Gasteiger partial charge in [0.05, 0.1) is 33.3 Å². The van der Waals surface area contributed by atoms with E-state index >= 15 is 0 Å². The molecule has 0 fully saturated rings. The van der Waals surface area contributed by atoms with Crippen LogP contribution in [0.5, 0.6) is 0 Å². The lowest BCUT2D eigenvalue weighted by atomic mass is 10.0. The lowest BCUT2D eigenvalue weighted by Crippen LogP contribution is -1.96. The van der Waals surface area contributed by atoms with Crippen LogP contribution in [0.15, 0.2) is 206 Å². The van der Waals surface area contributed by atoms with Crippen LogP contribution in [0.25, 0.3) is 110 Å². The molecule has 58 heavy (non-hydrogen) atoms. The first kappa shape index (κ1) is 32.4. The summed E-state index contributed by atoms with van der Waals surface area (Å²) in [6.45, 7) is 0. The maximum atomic E-state index is 5.09. The van der Waals surface area contributed by atoms with Crippen LogP contribution in [0.4, 0.5) is 0 Å². The molecule has 12 rings (SSSR count). The maximum Gasteiger partial charge on any atom is 0.160 e. The average Bonchev–Trinajstić information content (AvgIpc) is 3.80. The molecule has 0 aliphatic carbocycles. The van der Waals surface area contributed by atoms with Crippen molar-refractivity contribution < 1.29 is 0 Å². The molecule has 9 aromatic carbocycles. The zero-order valence-electron chi connectivity index (χ0n) is 31.4. The van der Waals surface area contributed by atoms with Crippen molar-refractivity contribution in [2.24, 2.45) is 0 Å². The summed E-state index contributed by atoms with van der Waals surface area (Å²) in [6.07, 6.45) is 0. The van der Waals surface area contributed by atoms with Crippen molar-refractivity contribution in [1.82, 2.24) is 19.1 Å². The first-order valence-electron chi connectivity index (χ1n) is 19.7. The molecule has 3 aromatic heterocycles. The molecule has 4 nitrogen and oxygen atoms in total. The van der Waals surface area contributed by atoms with Crippen LogP contribution in [-0.4, -0.2) is 19.1 Å². The molecule has 3 heterocycles. The average molecular weight is 739 g/mol. The predicted molar refractivity (Wildman–Crippen MR) is 242 cm³/mol. The Kier molecular flexibility index (Phi) is 7.20. The van der Waals surface area contributed by atoms with Gasteiger partial charge in [0.25, 0.3) is 0 Å². The molecule has 0 amide bonds. The fraction of sp³-hybridized carbons (Fsp3) is 0. The summed E-state index contributed by atoms with van der Waals surface area (Å²) >= 11 is 0. The Morgan fingerprint density at radius 2 is 0.897 bits per heavy atom. The van der Waals surface area contributed by atoms with Crippen molar-refractivity contribution in [2.75, 3.05) is 0 Å². The van der Waals surface area contributed by atoms with E-state index in [9.17, 15) is 0 Å². The van der Waals surface area contributed by atoms with Gasteiger partial charge in [-0.1, -0.05) is 152 Å². The van der Waals surface area contributed by atoms with E-state index in [-0.39, 0.29) is 0 Å². The molecule has 0 atom stereocenters. The van der Waals surface area contributed by atoms with Gasteiger partial charge in [0, 0.05) is 49.4 Å². The lowest BCUT2D eigenvalue weighted by Gasteiger charge is -2.11. The largest absolute Gasteiger partial charge is 0.309 e. The number of hydrogen-bond acceptors (Lipinski definition) is 2. The van der Waals surface area contributed by atoms with Crippen molar-refractivity contribution >= 4 is 65.3 Å². The van der Waals surface area contributed by atoms with Gasteiger partial charge < -0.3 is 9.13 Å². The van der Waals surface area contributed by atoms with Gasteiger partial charge in [-0.15, -0.1) is 0 Å². The van der Waals surface area contributed by atoms with Gasteiger partial charge in [0.15, 0.2) is 5.82 Å². The highest BCUT2D eigenvalue weighted by atomic mass is 15.0. The Balaban J connectivity index is 0.978. The Labute approximate surface area is 334 Å². The van der Waals surface area contributed by atoms with Gasteiger partial charge in [-0.2, -0.15) is 0 Å². The summed E-state index contributed by atoms with van der Waals surface area (Å²) in [5, 5.41) is 8.60. The SMILES string of the molecule is c1ccc(-c2nc(-c3ccc(-c4ccc(-n5c6ccccc6c6cc7c8c9ccccc9ccc8n(-c8ccccc8)c7cc65)cc4)cc3)nc3ccccc23)cc1. The number of hydrogen-bond donors (Lipinski definition) is 0. The molecule has 0 saturated carbocycles. The van der Waals surface area contributed by atoms with Crippen molar-refractivity contribution in [2.45, 2.75) is 0 Å². The molecular formula is C54H34N4. The minimum absolute atomic E-state index is 0.722. The molecule has 0 spiro atoms. The molecular weight excluding hydrogens is 705 g/mol. The highest BCUT2D eigenvalue weighted by Crippen LogP contribution is 2.42. The van der Waals surface area contributed by atoms with Crippen molar-refractivity contribution in [1.29, 1.82) is 0 Å². The third-order valence-corrected chi connectivity index (χ3v) is 11.7. The zero-order chi connectivity index (χ0) is 38.2. The molecule has 0 bridgehead atoms. The summed E-state index contributed by atoms with van der Waals surface area (Å²) < 4.78 is 4.85. The minimum atomic E-state index is 0.722. The van der Waals surface area contributed by atoms with Crippen LogP contribution >= 0.6 is 0 Å². The summed E-state index contributed by atoms with van der Waals surface area (Å²) in [6, 6.07) is 73.8. The number of para-hydroxylation sites is 3. The van der Waals surface area contributed by atoms with Crippen molar-refractivity contribution in [3.8, 4) is 45.1 Å². The van der Waals surface area contributed by atoms with Gasteiger partial charge in [-0.25, -0.2) is 9.97 Å². The van der Waals surface area contributed by atoms with E-state index in [1.54, 1.807) is 0 Å². The van der Waals surface area contributed by atoms with Gasteiger partial charge in [-0.3, -0.25) is 0 Å². The minimum Gasteiger partial charge on any atom is -0.309 e. The summed E-state index contributed by atoms with van der Waals surface area (Å²) in [4.78, 5) is 10.1. The molecule has 12 aromatic rings. The number of benzene rings is 9. The van der Waals surface area contributed by atoms with Crippen molar-refractivity contribution in [3.05, 3.63) is 206 Å². The van der Waals surface area contributed by atoms with E-state index in [1.165, 1.54) is 54.4 Å². The Morgan fingerprint density at radius 1 is 0.310 bits per heavy atom. The second-order valence-corrected chi connectivity index (χ2v) is 15.0. The quantitative estimate of drug-likeness (QED) is 0.176. The summed E-state index contributed by atoms with van der Waals surface area (Å²) in [5.41, 5.74) is 13.3. The highest BCUT2D eigenvalue weighted by molar-refractivity contribution is 6.25. The first-order chi connectivity index (χ1) is 28.8. The van der Waals surface area contributed by atoms with Crippen molar-refractivity contribution in [3.63, 3.8) is 0 Å². The number of nitrogens with zero attached hydrogens (tertiary/aromatic N) is 4. The van der Waals surface area contributed by atoms with Crippen LogP contribution < -0.4 is 0 Å². The van der Waals surface area contributed by atoms with E-state index in [1.807, 2.05) is 18.2 Å². The van der Waals surface area contributed by atoms with Gasteiger partial charge in [-0.05, 0) is 76.5 Å². The van der Waals surface area contributed by atoms with Gasteiger partial charge in [0.2, 0.25) is 0 Å². The fourth-order valence-corrected chi connectivity index (χ4v) is 9.02. The molecule has 0 radical (unpaired) electrons. The molecule has 0 unspecified atom stereocenters. The number of fused-ring (bicyclic) bond motifs is 9. The topological polar surface area (TPSA) is 35.6 Å². The maximum absolute atomic E-state index is 5.09. The van der Waals surface area contributed by atoms with E-state index in [0.717, 1.165) is 56.0 Å². The van der Waals surface area contributed by atoms with Gasteiger partial charge >= 0.3 is 0 Å². The highest BCUT2D eigenvalue weighted by Gasteiger charge is 2.20. The number of rotatable bonds is 5. The van der Waals surface area contributed by atoms with Crippen LogP contribution in [0.1, 0.15) is 0 Å². The normalized spacial score (nSPS) is 11.8. The van der Waals surface area contributed by atoms with E-state index in [4.69, 9.17) is 9.97 Å². The van der Waals surface area contributed by atoms with Crippen LogP contribution in [0.3, 0.4) is 0 Å². The van der Waals surface area contributed by atoms with E-state index in [2.05, 4.69) is 197 Å². The smallest absolute Gasteiger partial charge is 0.160 e. The molecule has 0 saturated heterocycles. The van der Waals surface area contributed by atoms with E-state index in [0.29, 0.717) is 0 Å². The van der Waals surface area contributed by atoms with Crippen LogP contribution in [0, 0.1) is 0 Å². The third kappa shape index (κ3) is 5.02. The number of aromatic nitrogens is 4. The monoisotopic (exact) mass is 738 g/mol. The van der Waals surface area contributed by atoms with Gasteiger partial charge in [0.1, 0.15) is 0 Å². The first-order valence-corrected chi connectivity index (χ1v) is 19.7. The fourth-order valence-electron chi connectivity index (χ4n) is 9.02. The summed E-state index contributed by atoms with van der Waals surface area (Å²) in [5.74, 6) is 0.722. The van der Waals surface area contributed by atoms with Crippen LogP contribution in [-0.2, 0) is 0 Å². The standard InChI is InChI=1S/C54H34N4/c1-3-14-38(15-4-1)53-44-20-9-11-21-47(44)55-54(56-53)39-25-23-35(24-26-39)36-27-30-41(31-28-36)57-48-22-12-10-19-43(48)45-33-46-51(34-50(45)57)58(40-16-5-2-6-17-40)49-32-29-37-13-7-8-18-42(37)52(46)49/h1-34H. The molecule has 4 heteroatoms. The second kappa shape index (κ2) is 12.9.